The van der Waals surface area contributed by atoms with Crippen molar-refractivity contribution in [2.24, 2.45) is 0 Å². The Morgan fingerprint density at radius 3 is 2.25 bits per heavy atom. The topological polar surface area (TPSA) is 104 Å². The summed E-state index contributed by atoms with van der Waals surface area (Å²) in [6.07, 6.45) is 0. The lowest BCUT2D eigenvalue weighted by molar-refractivity contribution is -0.139. The predicted octanol–water partition coefficient (Wildman–Crippen LogP) is 3.39. The van der Waals surface area contributed by atoms with E-state index < -0.39 is 17.9 Å². The van der Waals surface area contributed by atoms with Crippen molar-refractivity contribution in [3.05, 3.63) is 83.2 Å². The number of anilines is 2. The van der Waals surface area contributed by atoms with Crippen LogP contribution >= 0.6 is 0 Å². The van der Waals surface area contributed by atoms with Crippen LogP contribution in [0.15, 0.2) is 60.7 Å². The van der Waals surface area contributed by atoms with Gasteiger partial charge in [-0.2, -0.15) is 0 Å². The Hall–Kier alpha value is -3.74. The van der Waals surface area contributed by atoms with Gasteiger partial charge in [0.1, 0.15) is 0 Å². The number of carbonyl (C=O) groups is 2. The molecule has 2 aromatic carbocycles. The van der Waals surface area contributed by atoms with E-state index >= 15 is 0 Å². The standard InChI is InChI=1S/C21H20N4O3/c1-13-11-14(2)23-21(22-13)24-17-10-6-9-16(12-17)19(26)25-18(20(27)28)15-7-4-3-5-8-15/h3-12,18H,1-2H3,(H,25,26)(H,27,28)(H,22,23,24). The van der Waals surface area contributed by atoms with Crippen LogP contribution in [-0.2, 0) is 4.79 Å². The van der Waals surface area contributed by atoms with Crippen LogP contribution in [0.25, 0.3) is 0 Å². The zero-order valence-electron chi connectivity index (χ0n) is 15.5. The molecule has 0 fully saturated rings. The molecule has 0 bridgehead atoms. The largest absolute Gasteiger partial charge is 0.479 e. The van der Waals surface area contributed by atoms with Crippen LogP contribution in [-0.4, -0.2) is 27.0 Å². The summed E-state index contributed by atoms with van der Waals surface area (Å²) < 4.78 is 0. The summed E-state index contributed by atoms with van der Waals surface area (Å²) in [6, 6.07) is 16.0. The highest BCUT2D eigenvalue weighted by Crippen LogP contribution is 2.18. The molecule has 0 spiro atoms. The van der Waals surface area contributed by atoms with Crippen LogP contribution in [0.1, 0.15) is 33.4 Å². The first-order valence-corrected chi connectivity index (χ1v) is 8.70. The van der Waals surface area contributed by atoms with Crippen molar-refractivity contribution in [3.8, 4) is 0 Å². The lowest BCUT2D eigenvalue weighted by atomic mass is 10.1. The molecule has 28 heavy (non-hydrogen) atoms. The minimum absolute atomic E-state index is 0.330. The third kappa shape index (κ3) is 4.70. The second kappa shape index (κ2) is 8.30. The Morgan fingerprint density at radius 1 is 0.929 bits per heavy atom. The van der Waals surface area contributed by atoms with E-state index in [4.69, 9.17) is 0 Å². The fourth-order valence-corrected chi connectivity index (χ4v) is 2.80. The Labute approximate surface area is 162 Å². The van der Waals surface area contributed by atoms with E-state index in [9.17, 15) is 14.7 Å². The van der Waals surface area contributed by atoms with Crippen LogP contribution in [0, 0.1) is 13.8 Å². The summed E-state index contributed by atoms with van der Waals surface area (Å²) in [5.74, 6) is -1.18. The highest BCUT2D eigenvalue weighted by molar-refractivity contribution is 5.97. The first-order valence-electron chi connectivity index (χ1n) is 8.70. The summed E-state index contributed by atoms with van der Waals surface area (Å²) in [7, 11) is 0. The second-order valence-electron chi connectivity index (χ2n) is 6.34. The van der Waals surface area contributed by atoms with Crippen molar-refractivity contribution < 1.29 is 14.7 Å². The average molecular weight is 376 g/mol. The molecule has 0 saturated heterocycles. The van der Waals surface area contributed by atoms with E-state index in [1.54, 1.807) is 54.6 Å². The van der Waals surface area contributed by atoms with Gasteiger partial charge in [0.05, 0.1) is 0 Å². The maximum Gasteiger partial charge on any atom is 0.330 e. The summed E-state index contributed by atoms with van der Waals surface area (Å²) in [5, 5.41) is 15.1. The van der Waals surface area contributed by atoms with Gasteiger partial charge >= 0.3 is 5.97 Å². The molecular formula is C21H20N4O3. The van der Waals surface area contributed by atoms with Gasteiger partial charge in [-0.3, -0.25) is 4.79 Å². The van der Waals surface area contributed by atoms with Gasteiger partial charge < -0.3 is 15.7 Å². The zero-order chi connectivity index (χ0) is 20.1. The van der Waals surface area contributed by atoms with E-state index in [2.05, 4.69) is 20.6 Å². The Balaban J connectivity index is 1.79. The molecule has 0 radical (unpaired) electrons. The maximum atomic E-state index is 12.6. The van der Waals surface area contributed by atoms with Crippen molar-refractivity contribution in [3.63, 3.8) is 0 Å². The number of hydrogen-bond donors (Lipinski definition) is 3. The minimum Gasteiger partial charge on any atom is -0.479 e. The molecule has 1 aromatic heterocycles. The van der Waals surface area contributed by atoms with E-state index in [1.807, 2.05) is 19.9 Å². The van der Waals surface area contributed by atoms with Gasteiger partial charge in [0.15, 0.2) is 6.04 Å². The summed E-state index contributed by atoms with van der Waals surface area (Å²) in [5.41, 5.74) is 3.12. The van der Waals surface area contributed by atoms with Crippen LogP contribution in [0.3, 0.4) is 0 Å². The van der Waals surface area contributed by atoms with Crippen molar-refractivity contribution >= 4 is 23.5 Å². The molecule has 0 saturated carbocycles. The fourth-order valence-electron chi connectivity index (χ4n) is 2.80. The number of carboxylic acids is 1. The summed E-state index contributed by atoms with van der Waals surface area (Å²) in [6.45, 7) is 3.75. The summed E-state index contributed by atoms with van der Waals surface area (Å²) in [4.78, 5) is 32.8. The molecule has 1 unspecified atom stereocenters. The van der Waals surface area contributed by atoms with Crippen LogP contribution < -0.4 is 10.6 Å². The number of rotatable bonds is 6. The number of carbonyl (C=O) groups excluding carboxylic acids is 1. The number of benzene rings is 2. The third-order valence-electron chi connectivity index (χ3n) is 4.02. The third-order valence-corrected chi connectivity index (χ3v) is 4.02. The molecular weight excluding hydrogens is 356 g/mol. The second-order valence-corrected chi connectivity index (χ2v) is 6.34. The number of carboxylic acid groups (broad SMARTS) is 1. The Kier molecular flexibility index (Phi) is 5.64. The molecule has 3 aromatic rings. The van der Waals surface area contributed by atoms with Gasteiger partial charge in [-0.15, -0.1) is 0 Å². The highest BCUT2D eigenvalue weighted by Gasteiger charge is 2.22. The number of nitrogens with zero attached hydrogens (tertiary/aromatic N) is 2. The highest BCUT2D eigenvalue weighted by atomic mass is 16.4. The fraction of sp³-hybridized carbons (Fsp3) is 0.143. The molecule has 142 valence electrons. The van der Waals surface area contributed by atoms with Gasteiger partial charge in [0.25, 0.3) is 5.91 Å². The molecule has 3 N–H and O–H groups in total. The first kappa shape index (κ1) is 19.0. The van der Waals surface area contributed by atoms with E-state index in [0.717, 1.165) is 11.4 Å². The maximum absolute atomic E-state index is 12.6. The molecule has 0 aliphatic heterocycles. The smallest absolute Gasteiger partial charge is 0.330 e. The molecule has 3 rings (SSSR count). The van der Waals surface area contributed by atoms with Crippen molar-refractivity contribution in [2.75, 3.05) is 5.32 Å². The van der Waals surface area contributed by atoms with Gasteiger partial charge in [-0.1, -0.05) is 36.4 Å². The number of aliphatic carboxylic acids is 1. The minimum atomic E-state index is -1.13. The molecule has 1 atom stereocenters. The summed E-state index contributed by atoms with van der Waals surface area (Å²) >= 11 is 0. The van der Waals surface area contributed by atoms with Crippen LogP contribution in [0.4, 0.5) is 11.6 Å². The molecule has 0 aliphatic rings. The lowest BCUT2D eigenvalue weighted by Gasteiger charge is -2.15. The molecule has 1 heterocycles. The van der Waals surface area contributed by atoms with Crippen LogP contribution in [0.2, 0.25) is 0 Å². The van der Waals surface area contributed by atoms with Crippen LogP contribution in [0.5, 0.6) is 0 Å². The monoisotopic (exact) mass is 376 g/mol. The van der Waals surface area contributed by atoms with Gasteiger partial charge in [-0.05, 0) is 43.7 Å². The average Bonchev–Trinajstić information content (AvgIpc) is 2.65. The van der Waals surface area contributed by atoms with Gasteiger partial charge in [0.2, 0.25) is 5.95 Å². The van der Waals surface area contributed by atoms with E-state index in [1.165, 1.54) is 0 Å². The molecule has 1 amide bonds. The normalized spacial score (nSPS) is 11.5. The number of hydrogen-bond acceptors (Lipinski definition) is 5. The number of amides is 1. The number of aryl methyl sites for hydroxylation is 2. The van der Waals surface area contributed by atoms with Crippen molar-refractivity contribution in [2.45, 2.75) is 19.9 Å². The Morgan fingerprint density at radius 2 is 1.61 bits per heavy atom. The van der Waals surface area contributed by atoms with Gasteiger partial charge in [-0.25, -0.2) is 14.8 Å². The van der Waals surface area contributed by atoms with Crippen molar-refractivity contribution in [1.82, 2.24) is 15.3 Å². The quantitative estimate of drug-likeness (QED) is 0.609. The molecule has 7 nitrogen and oxygen atoms in total. The first-order chi connectivity index (χ1) is 13.4. The van der Waals surface area contributed by atoms with E-state index in [-0.39, 0.29) is 0 Å². The van der Waals surface area contributed by atoms with Gasteiger partial charge in [0, 0.05) is 22.6 Å². The number of nitrogens with one attached hydrogen (secondary N) is 2. The SMILES string of the molecule is Cc1cc(C)nc(Nc2cccc(C(=O)NC(C(=O)O)c3ccccc3)c2)n1. The van der Waals surface area contributed by atoms with E-state index in [0.29, 0.717) is 22.8 Å². The predicted molar refractivity (Wildman–Crippen MR) is 106 cm³/mol. The number of aromatic nitrogens is 2. The zero-order valence-corrected chi connectivity index (χ0v) is 15.5. The Bertz CT molecular complexity index is 985. The van der Waals surface area contributed by atoms with Crippen molar-refractivity contribution in [1.29, 1.82) is 0 Å². The molecule has 7 heteroatoms. The molecule has 0 aliphatic carbocycles. The lowest BCUT2D eigenvalue weighted by Crippen LogP contribution is -2.33.